The first-order valence-electron chi connectivity index (χ1n) is 13.1. The summed E-state index contributed by atoms with van der Waals surface area (Å²) in [5.74, 6) is 0.597. The molecule has 0 atom stereocenters. The van der Waals surface area contributed by atoms with Crippen molar-refractivity contribution in [2.75, 3.05) is 6.61 Å². The van der Waals surface area contributed by atoms with Crippen LogP contribution >= 0.6 is 0 Å². The topological polar surface area (TPSA) is 64.3 Å². The first kappa shape index (κ1) is 22.5. The van der Waals surface area contributed by atoms with E-state index in [4.69, 9.17) is 9.84 Å². The van der Waals surface area contributed by atoms with Crippen LogP contribution in [-0.4, -0.2) is 27.5 Å². The molecule has 3 saturated carbocycles. The average Bonchev–Trinajstić information content (AvgIpc) is 3.83. The number of hydrogen-bond donors (Lipinski definition) is 1. The molecule has 2 aromatic carbocycles. The minimum absolute atomic E-state index is 0.495. The number of aromatic nitrogens is 2. The van der Waals surface area contributed by atoms with Crippen molar-refractivity contribution in [3.05, 3.63) is 78.0 Å². The van der Waals surface area contributed by atoms with E-state index < -0.39 is 17.0 Å². The molecule has 5 heteroatoms. The minimum atomic E-state index is -0.864. The fourth-order valence-corrected chi connectivity index (χ4v) is 5.72. The molecule has 5 nitrogen and oxygen atoms in total. The number of carbonyl (C=O) groups is 1. The zero-order valence-corrected chi connectivity index (χ0v) is 20.2. The molecule has 0 bridgehead atoms. The van der Waals surface area contributed by atoms with Crippen molar-refractivity contribution in [2.24, 2.45) is 11.8 Å². The second kappa shape index (κ2) is 8.94. The summed E-state index contributed by atoms with van der Waals surface area (Å²) < 4.78 is 9.03. The van der Waals surface area contributed by atoms with E-state index >= 15 is 0 Å². The van der Waals surface area contributed by atoms with Gasteiger partial charge in [0.1, 0.15) is 5.60 Å². The van der Waals surface area contributed by atoms with Crippen LogP contribution in [0.1, 0.15) is 62.6 Å². The highest BCUT2D eigenvalue weighted by atomic mass is 16.5. The fourth-order valence-electron chi connectivity index (χ4n) is 5.72. The first-order valence-corrected chi connectivity index (χ1v) is 13.1. The average molecular weight is 471 g/mol. The van der Waals surface area contributed by atoms with Crippen LogP contribution in [0.4, 0.5) is 0 Å². The van der Waals surface area contributed by atoms with E-state index in [1.54, 1.807) is 0 Å². The lowest BCUT2D eigenvalue weighted by molar-refractivity contribution is -0.151. The third kappa shape index (κ3) is 4.42. The van der Waals surface area contributed by atoms with Crippen molar-refractivity contribution in [1.82, 2.24) is 9.78 Å². The van der Waals surface area contributed by atoms with Gasteiger partial charge < -0.3 is 9.84 Å². The van der Waals surface area contributed by atoms with Gasteiger partial charge in [0.15, 0.2) is 0 Å². The van der Waals surface area contributed by atoms with Crippen LogP contribution in [0.3, 0.4) is 0 Å². The summed E-state index contributed by atoms with van der Waals surface area (Å²) in [6.45, 7) is 1.67. The monoisotopic (exact) mass is 470 g/mol. The lowest BCUT2D eigenvalue weighted by Crippen LogP contribution is -2.46. The predicted molar refractivity (Wildman–Crippen MR) is 135 cm³/mol. The Labute approximate surface area is 207 Å². The van der Waals surface area contributed by atoms with Gasteiger partial charge in [0, 0.05) is 12.1 Å². The summed E-state index contributed by atoms with van der Waals surface area (Å²) in [5, 5.41) is 15.5. The Morgan fingerprint density at radius 1 is 0.914 bits per heavy atom. The normalized spacial score (nSPS) is 26.5. The summed E-state index contributed by atoms with van der Waals surface area (Å²) in [6.07, 6.45) is 7.47. The van der Waals surface area contributed by atoms with Gasteiger partial charge in [-0.3, -0.25) is 9.48 Å². The highest BCUT2D eigenvalue weighted by Gasteiger charge is 2.51. The molecule has 3 fully saturated rings. The van der Waals surface area contributed by atoms with Crippen LogP contribution in [0.25, 0.3) is 11.3 Å². The first-order chi connectivity index (χ1) is 17.1. The van der Waals surface area contributed by atoms with Gasteiger partial charge in [-0.2, -0.15) is 5.10 Å². The smallest absolute Gasteiger partial charge is 0.314 e. The van der Waals surface area contributed by atoms with Crippen molar-refractivity contribution in [3.63, 3.8) is 0 Å². The molecule has 0 unspecified atom stereocenters. The van der Waals surface area contributed by atoms with Gasteiger partial charge in [-0.15, -0.1) is 0 Å². The maximum Gasteiger partial charge on any atom is 0.314 e. The largest absolute Gasteiger partial charge is 0.481 e. The molecule has 3 aromatic rings. The van der Waals surface area contributed by atoms with Gasteiger partial charge in [-0.25, -0.2) is 0 Å². The second-order valence-corrected chi connectivity index (χ2v) is 10.9. The number of rotatable bonds is 9. The zero-order chi connectivity index (χ0) is 23.9. The molecule has 0 spiro atoms. The maximum absolute atomic E-state index is 12.7. The zero-order valence-electron chi connectivity index (χ0n) is 20.2. The summed E-state index contributed by atoms with van der Waals surface area (Å²) in [4.78, 5) is 12.7. The Morgan fingerprint density at radius 2 is 1.54 bits per heavy atom. The van der Waals surface area contributed by atoms with Crippen LogP contribution < -0.4 is 0 Å². The molecule has 0 amide bonds. The minimum Gasteiger partial charge on any atom is -0.481 e. The lowest BCUT2D eigenvalue weighted by Gasteiger charge is -2.44. The van der Waals surface area contributed by atoms with E-state index in [-0.39, 0.29) is 0 Å². The highest BCUT2D eigenvalue weighted by Crippen LogP contribution is 2.51. The maximum atomic E-state index is 12.7. The van der Waals surface area contributed by atoms with Gasteiger partial charge in [-0.1, -0.05) is 60.7 Å². The fraction of sp³-hybridized carbons (Fsp3) is 0.467. The Bertz CT molecular complexity index is 1170. The Morgan fingerprint density at radius 3 is 2.14 bits per heavy atom. The van der Waals surface area contributed by atoms with Gasteiger partial charge in [0.25, 0.3) is 0 Å². The van der Waals surface area contributed by atoms with E-state index in [2.05, 4.69) is 35.0 Å². The molecule has 182 valence electrons. The quantitative estimate of drug-likeness (QED) is 0.406. The van der Waals surface area contributed by atoms with Crippen molar-refractivity contribution >= 4 is 5.97 Å². The number of ether oxygens (including phenoxy) is 1. The second-order valence-electron chi connectivity index (χ2n) is 10.9. The number of hydrogen-bond acceptors (Lipinski definition) is 3. The molecular formula is C30H34N2O3. The number of carboxylic acid groups (broad SMARTS) is 1. The SMILES string of the molecule is O=C(O)C1(c2ccccc2)CCC(OCC2CC2)(c2cc(-c3ccccc3)nn2CC2CC2)CC1. The molecule has 1 N–H and O–H groups in total. The van der Waals surface area contributed by atoms with Gasteiger partial charge in [0.05, 0.1) is 23.4 Å². The van der Waals surface area contributed by atoms with E-state index in [0.717, 1.165) is 35.7 Å². The van der Waals surface area contributed by atoms with Crippen LogP contribution in [0.5, 0.6) is 0 Å². The van der Waals surface area contributed by atoms with Crippen molar-refractivity contribution in [3.8, 4) is 11.3 Å². The number of aliphatic carboxylic acids is 1. The van der Waals surface area contributed by atoms with Gasteiger partial charge in [0.2, 0.25) is 0 Å². The molecule has 0 saturated heterocycles. The Balaban J connectivity index is 1.38. The van der Waals surface area contributed by atoms with E-state index in [1.807, 2.05) is 36.4 Å². The number of nitrogens with zero attached hydrogens (tertiary/aromatic N) is 2. The van der Waals surface area contributed by atoms with Crippen molar-refractivity contribution in [1.29, 1.82) is 0 Å². The summed E-state index contributed by atoms with van der Waals surface area (Å²) in [5.41, 5.74) is 2.77. The summed E-state index contributed by atoms with van der Waals surface area (Å²) in [7, 11) is 0. The standard InChI is InChI=1S/C30H34N2O3/c33-28(34)29(25-9-5-2-6-10-25)15-17-30(18-16-29,35-21-23-13-14-23)27-19-26(24-7-3-1-4-8-24)31-32(27)20-22-11-12-22/h1-10,19,22-23H,11-18,20-21H2,(H,33,34). The van der Waals surface area contributed by atoms with Crippen LogP contribution in [0.2, 0.25) is 0 Å². The molecule has 0 radical (unpaired) electrons. The third-order valence-corrected chi connectivity index (χ3v) is 8.38. The number of benzene rings is 2. The van der Waals surface area contributed by atoms with Gasteiger partial charge >= 0.3 is 5.97 Å². The Kier molecular flexibility index (Phi) is 5.76. The van der Waals surface area contributed by atoms with E-state index in [1.165, 1.54) is 25.7 Å². The van der Waals surface area contributed by atoms with Crippen molar-refractivity contribution < 1.29 is 14.6 Å². The lowest BCUT2D eigenvalue weighted by atomic mass is 9.64. The van der Waals surface area contributed by atoms with Crippen LogP contribution in [0, 0.1) is 11.8 Å². The molecule has 35 heavy (non-hydrogen) atoms. The van der Waals surface area contributed by atoms with Crippen molar-refractivity contribution in [2.45, 2.75) is 68.9 Å². The Hall–Kier alpha value is -2.92. The molecule has 1 heterocycles. The van der Waals surface area contributed by atoms with E-state index in [0.29, 0.717) is 37.5 Å². The van der Waals surface area contributed by atoms with Gasteiger partial charge in [-0.05, 0) is 74.8 Å². The molecule has 3 aliphatic carbocycles. The summed E-state index contributed by atoms with van der Waals surface area (Å²) in [6, 6.07) is 22.4. The third-order valence-electron chi connectivity index (χ3n) is 8.38. The van der Waals surface area contributed by atoms with E-state index in [9.17, 15) is 9.90 Å². The molecule has 3 aliphatic rings. The molecule has 0 aliphatic heterocycles. The van der Waals surface area contributed by atoms with Crippen LogP contribution in [-0.2, 0) is 27.1 Å². The molecular weight excluding hydrogens is 436 g/mol. The molecule has 6 rings (SSSR count). The summed E-state index contributed by atoms with van der Waals surface area (Å²) >= 11 is 0. The van der Waals surface area contributed by atoms with Crippen LogP contribution in [0.15, 0.2) is 66.7 Å². The number of carboxylic acids is 1. The predicted octanol–water partition coefficient (Wildman–Crippen LogP) is 6.18. The molecule has 1 aromatic heterocycles. The highest BCUT2D eigenvalue weighted by molar-refractivity contribution is 5.81.